The maximum Gasteiger partial charge on any atom is 0.237 e. The Labute approximate surface area is 155 Å². The van der Waals surface area contributed by atoms with E-state index in [1.165, 1.54) is 10.5 Å². The van der Waals surface area contributed by atoms with Gasteiger partial charge in [0.25, 0.3) is 0 Å². The molecule has 2 N–H and O–H groups in total. The summed E-state index contributed by atoms with van der Waals surface area (Å²) in [7, 11) is 1.65. The first-order chi connectivity index (χ1) is 12.0. The van der Waals surface area contributed by atoms with Crippen molar-refractivity contribution in [1.82, 2.24) is 15.5 Å². The molecular weight excluding hydrogens is 334 g/mol. The van der Waals surface area contributed by atoms with Gasteiger partial charge in [-0.25, -0.2) is 0 Å². The van der Waals surface area contributed by atoms with Gasteiger partial charge in [0, 0.05) is 43.7 Å². The van der Waals surface area contributed by atoms with Crippen LogP contribution in [-0.4, -0.2) is 62.0 Å². The van der Waals surface area contributed by atoms with Gasteiger partial charge in [0.05, 0.1) is 12.6 Å². The van der Waals surface area contributed by atoms with Gasteiger partial charge in [-0.05, 0) is 44.2 Å². The van der Waals surface area contributed by atoms with Crippen LogP contribution in [0, 0.1) is 0 Å². The number of thioether (sulfide) groups is 1. The fourth-order valence-corrected chi connectivity index (χ4v) is 3.65. The van der Waals surface area contributed by atoms with E-state index in [1.807, 2.05) is 0 Å². The minimum absolute atomic E-state index is 0.0618. The summed E-state index contributed by atoms with van der Waals surface area (Å²) in [6.07, 6.45) is 2.93. The van der Waals surface area contributed by atoms with E-state index in [0.29, 0.717) is 25.2 Å². The SMILES string of the molecule is COCCNC(=O)[C@@H]1C[C@@H](NCc2ccc(SC)cc2)CN1C(C)C. The second kappa shape index (κ2) is 10.2. The molecule has 1 aromatic carbocycles. The summed E-state index contributed by atoms with van der Waals surface area (Å²) < 4.78 is 5.01. The molecule has 1 aliphatic heterocycles. The standard InChI is InChI=1S/C19H31N3O2S/c1-14(2)22-13-16(11-18(22)19(23)20-9-10-24-3)21-12-15-5-7-17(25-4)8-6-15/h5-8,14,16,18,21H,9-13H2,1-4H3,(H,20,23)/t16-,18+/m1/s1. The van der Waals surface area contributed by atoms with Gasteiger partial charge in [0.15, 0.2) is 0 Å². The third-order valence-corrected chi connectivity index (χ3v) is 5.41. The van der Waals surface area contributed by atoms with Gasteiger partial charge in [-0.1, -0.05) is 12.1 Å². The summed E-state index contributed by atoms with van der Waals surface area (Å²) >= 11 is 1.76. The van der Waals surface area contributed by atoms with Crippen LogP contribution in [0.5, 0.6) is 0 Å². The highest BCUT2D eigenvalue weighted by atomic mass is 32.2. The predicted octanol–water partition coefficient (Wildman–Crippen LogP) is 2.11. The lowest BCUT2D eigenvalue weighted by Crippen LogP contribution is -2.46. The van der Waals surface area contributed by atoms with E-state index >= 15 is 0 Å². The van der Waals surface area contributed by atoms with Crippen LogP contribution in [0.25, 0.3) is 0 Å². The highest BCUT2D eigenvalue weighted by molar-refractivity contribution is 7.98. The van der Waals surface area contributed by atoms with Crippen molar-refractivity contribution in [2.24, 2.45) is 0 Å². The van der Waals surface area contributed by atoms with E-state index in [1.54, 1.807) is 18.9 Å². The fraction of sp³-hybridized carbons (Fsp3) is 0.632. The predicted molar refractivity (Wildman–Crippen MR) is 104 cm³/mol. The quantitative estimate of drug-likeness (QED) is 0.519. The van der Waals surface area contributed by atoms with Crippen LogP contribution in [0.4, 0.5) is 0 Å². The first-order valence-electron chi connectivity index (χ1n) is 8.93. The van der Waals surface area contributed by atoms with Crippen LogP contribution in [0.3, 0.4) is 0 Å². The fourth-order valence-electron chi connectivity index (χ4n) is 3.24. The molecule has 1 heterocycles. The molecule has 6 heteroatoms. The van der Waals surface area contributed by atoms with Crippen molar-refractivity contribution in [3.63, 3.8) is 0 Å². The van der Waals surface area contributed by atoms with Crippen LogP contribution in [0.1, 0.15) is 25.8 Å². The molecular formula is C19H31N3O2S. The normalized spacial score (nSPS) is 21.0. The largest absolute Gasteiger partial charge is 0.383 e. The number of hydrogen-bond acceptors (Lipinski definition) is 5. The smallest absolute Gasteiger partial charge is 0.237 e. The van der Waals surface area contributed by atoms with Gasteiger partial charge < -0.3 is 15.4 Å². The number of methoxy groups -OCH3 is 1. The number of likely N-dealkylation sites (tertiary alicyclic amines) is 1. The lowest BCUT2D eigenvalue weighted by atomic mass is 10.1. The number of rotatable bonds is 9. The number of benzene rings is 1. The third-order valence-electron chi connectivity index (χ3n) is 4.66. The van der Waals surface area contributed by atoms with Crippen molar-refractivity contribution in [1.29, 1.82) is 0 Å². The van der Waals surface area contributed by atoms with E-state index < -0.39 is 0 Å². The lowest BCUT2D eigenvalue weighted by molar-refractivity contribution is -0.126. The number of amides is 1. The van der Waals surface area contributed by atoms with Gasteiger partial charge >= 0.3 is 0 Å². The molecule has 1 saturated heterocycles. The summed E-state index contributed by atoms with van der Waals surface area (Å²) in [5.74, 6) is 0.111. The molecule has 1 amide bonds. The van der Waals surface area contributed by atoms with E-state index in [9.17, 15) is 4.79 Å². The summed E-state index contributed by atoms with van der Waals surface area (Å²) in [6, 6.07) is 9.28. The lowest BCUT2D eigenvalue weighted by Gasteiger charge is -2.27. The monoisotopic (exact) mass is 365 g/mol. The number of carbonyl (C=O) groups excluding carboxylic acids is 1. The second-order valence-corrected chi connectivity index (χ2v) is 7.63. The topological polar surface area (TPSA) is 53.6 Å². The second-order valence-electron chi connectivity index (χ2n) is 6.75. The van der Waals surface area contributed by atoms with Crippen molar-refractivity contribution < 1.29 is 9.53 Å². The van der Waals surface area contributed by atoms with Crippen molar-refractivity contribution in [2.75, 3.05) is 33.1 Å². The molecule has 1 aliphatic rings. The molecule has 0 spiro atoms. The molecule has 5 nitrogen and oxygen atoms in total. The van der Waals surface area contributed by atoms with Crippen LogP contribution in [0.15, 0.2) is 29.2 Å². The summed E-state index contributed by atoms with van der Waals surface area (Å²) in [4.78, 5) is 16.1. The Kier molecular flexibility index (Phi) is 8.22. The Bertz CT molecular complexity index is 536. The molecule has 1 aromatic rings. The molecule has 0 unspecified atom stereocenters. The van der Waals surface area contributed by atoms with Crippen LogP contribution < -0.4 is 10.6 Å². The van der Waals surface area contributed by atoms with Gasteiger partial charge in [0.1, 0.15) is 0 Å². The molecule has 140 valence electrons. The number of nitrogens with zero attached hydrogens (tertiary/aromatic N) is 1. The van der Waals surface area contributed by atoms with Crippen LogP contribution in [0.2, 0.25) is 0 Å². The Hall–Kier alpha value is -1.08. The minimum Gasteiger partial charge on any atom is -0.383 e. The Morgan fingerprint density at radius 1 is 1.36 bits per heavy atom. The van der Waals surface area contributed by atoms with Gasteiger partial charge in [-0.15, -0.1) is 11.8 Å². The van der Waals surface area contributed by atoms with Crippen LogP contribution >= 0.6 is 11.8 Å². The number of ether oxygens (including phenoxy) is 1. The maximum atomic E-state index is 12.5. The zero-order chi connectivity index (χ0) is 18.2. The molecule has 0 radical (unpaired) electrons. The molecule has 0 aromatic heterocycles. The number of hydrogen-bond donors (Lipinski definition) is 2. The average molecular weight is 366 g/mol. The average Bonchev–Trinajstić information content (AvgIpc) is 3.05. The van der Waals surface area contributed by atoms with E-state index in [4.69, 9.17) is 4.74 Å². The zero-order valence-electron chi connectivity index (χ0n) is 15.7. The Balaban J connectivity index is 1.88. The molecule has 25 heavy (non-hydrogen) atoms. The number of carbonyl (C=O) groups is 1. The molecule has 1 fully saturated rings. The van der Waals surface area contributed by atoms with Crippen molar-refractivity contribution >= 4 is 17.7 Å². The molecule has 0 aliphatic carbocycles. The zero-order valence-corrected chi connectivity index (χ0v) is 16.6. The molecule has 2 rings (SSSR count). The van der Waals surface area contributed by atoms with Gasteiger partial charge in [-0.2, -0.15) is 0 Å². The summed E-state index contributed by atoms with van der Waals surface area (Å²) in [5, 5.41) is 6.60. The van der Waals surface area contributed by atoms with Crippen molar-refractivity contribution in [3.8, 4) is 0 Å². The molecule has 0 bridgehead atoms. The summed E-state index contributed by atoms with van der Waals surface area (Å²) in [5.41, 5.74) is 1.28. The Morgan fingerprint density at radius 3 is 2.68 bits per heavy atom. The summed E-state index contributed by atoms with van der Waals surface area (Å²) in [6.45, 7) is 7.16. The highest BCUT2D eigenvalue weighted by Gasteiger charge is 2.37. The van der Waals surface area contributed by atoms with Gasteiger partial charge in [0.2, 0.25) is 5.91 Å². The van der Waals surface area contributed by atoms with Gasteiger partial charge in [-0.3, -0.25) is 9.69 Å². The highest BCUT2D eigenvalue weighted by Crippen LogP contribution is 2.21. The number of nitrogens with one attached hydrogen (secondary N) is 2. The molecule has 2 atom stereocenters. The molecule has 0 saturated carbocycles. The van der Waals surface area contributed by atoms with E-state index in [-0.39, 0.29) is 11.9 Å². The van der Waals surface area contributed by atoms with E-state index in [0.717, 1.165) is 19.5 Å². The van der Waals surface area contributed by atoms with E-state index in [2.05, 4.69) is 59.9 Å². The first kappa shape index (κ1) is 20.2. The van der Waals surface area contributed by atoms with Crippen molar-refractivity contribution in [2.45, 2.75) is 49.8 Å². The minimum atomic E-state index is -0.0618. The van der Waals surface area contributed by atoms with Crippen molar-refractivity contribution in [3.05, 3.63) is 29.8 Å². The maximum absolute atomic E-state index is 12.5. The first-order valence-corrected chi connectivity index (χ1v) is 10.2. The third kappa shape index (κ3) is 5.99. The Morgan fingerprint density at radius 2 is 2.08 bits per heavy atom. The van der Waals surface area contributed by atoms with Crippen LogP contribution in [-0.2, 0) is 16.1 Å².